The predicted molar refractivity (Wildman–Crippen MR) is 200 cm³/mol. The van der Waals surface area contributed by atoms with Crippen LogP contribution in [0.15, 0.2) is 97.9 Å². The number of nitrogens with zero attached hydrogens (tertiary/aromatic N) is 1. The molecule has 1 fully saturated rings. The first-order chi connectivity index (χ1) is 23.4. The van der Waals surface area contributed by atoms with E-state index in [0.717, 1.165) is 54.3 Å². The average molecular weight is 642 g/mol. The van der Waals surface area contributed by atoms with Crippen LogP contribution >= 0.6 is 0 Å². The highest BCUT2D eigenvalue weighted by Crippen LogP contribution is 2.22. The molecule has 1 amide bonds. The van der Waals surface area contributed by atoms with E-state index in [9.17, 15) is 4.79 Å². The summed E-state index contributed by atoms with van der Waals surface area (Å²) in [7, 11) is 0. The van der Waals surface area contributed by atoms with Gasteiger partial charge in [-0.1, -0.05) is 85.5 Å². The molecule has 0 spiro atoms. The fraction of sp³-hybridized carbons (Fsp3) is 0.275. The van der Waals surface area contributed by atoms with Crippen molar-refractivity contribution in [3.8, 4) is 0 Å². The molecule has 1 unspecified atom stereocenters. The number of H-pyrrole nitrogens is 2. The van der Waals surface area contributed by atoms with Crippen LogP contribution in [-0.4, -0.2) is 51.6 Å². The Labute approximate surface area is 283 Å². The third-order valence-electron chi connectivity index (χ3n) is 8.93. The number of carbonyl (C=O) groups excluding carboxylic acids is 1. The van der Waals surface area contributed by atoms with Gasteiger partial charge in [0.05, 0.1) is 19.1 Å². The highest BCUT2D eigenvalue weighted by atomic mass is 16.2. The van der Waals surface area contributed by atoms with E-state index in [0.29, 0.717) is 18.8 Å². The zero-order valence-corrected chi connectivity index (χ0v) is 28.0. The van der Waals surface area contributed by atoms with Crippen LogP contribution in [0.2, 0.25) is 0 Å². The fourth-order valence-corrected chi connectivity index (χ4v) is 6.24. The molecule has 1 atom stereocenters. The SMILES string of the molecule is C=C/C=C\c1c(CCCC(=N)N(Cc2cccc3ccccc23)C(=N)CNC(=O)C2CCCN2)c[nH]c1C.Cc1c[nH]c2ccccc12. The van der Waals surface area contributed by atoms with Crippen molar-refractivity contribution in [1.82, 2.24) is 25.5 Å². The molecule has 0 bridgehead atoms. The van der Waals surface area contributed by atoms with Crippen molar-refractivity contribution in [3.63, 3.8) is 0 Å². The topological polar surface area (TPSA) is 124 Å². The van der Waals surface area contributed by atoms with Crippen LogP contribution in [0, 0.1) is 24.7 Å². The molecule has 1 aliphatic rings. The lowest BCUT2D eigenvalue weighted by atomic mass is 10.0. The van der Waals surface area contributed by atoms with Gasteiger partial charge in [0.2, 0.25) is 5.91 Å². The molecule has 3 heterocycles. The van der Waals surface area contributed by atoms with Gasteiger partial charge >= 0.3 is 0 Å². The van der Waals surface area contributed by atoms with Crippen LogP contribution in [0.5, 0.6) is 0 Å². The molecule has 248 valence electrons. The quantitative estimate of drug-likeness (QED) is 0.0501. The average Bonchev–Trinajstić information content (AvgIpc) is 3.87. The Morgan fingerprint density at radius 2 is 1.73 bits per heavy atom. The second-order valence-corrected chi connectivity index (χ2v) is 12.3. The Morgan fingerprint density at radius 1 is 0.958 bits per heavy atom. The molecular formula is C40H47N7O. The maximum Gasteiger partial charge on any atom is 0.237 e. The van der Waals surface area contributed by atoms with Gasteiger partial charge in [-0.05, 0) is 85.2 Å². The van der Waals surface area contributed by atoms with Crippen molar-refractivity contribution in [3.05, 3.63) is 126 Å². The van der Waals surface area contributed by atoms with E-state index in [1.165, 1.54) is 27.6 Å². The molecule has 5 aromatic rings. The van der Waals surface area contributed by atoms with Crippen molar-refractivity contribution in [2.75, 3.05) is 13.1 Å². The fourth-order valence-electron chi connectivity index (χ4n) is 6.24. The van der Waals surface area contributed by atoms with Crippen LogP contribution in [0.1, 0.15) is 53.6 Å². The minimum Gasteiger partial charge on any atom is -0.364 e. The number of hydrogen-bond donors (Lipinski definition) is 6. The maximum absolute atomic E-state index is 12.6. The van der Waals surface area contributed by atoms with Crippen molar-refractivity contribution in [2.45, 2.75) is 58.5 Å². The van der Waals surface area contributed by atoms with E-state index in [1.54, 1.807) is 11.0 Å². The molecule has 6 rings (SSSR count). The molecule has 3 aromatic carbocycles. The third kappa shape index (κ3) is 8.57. The third-order valence-corrected chi connectivity index (χ3v) is 8.93. The van der Waals surface area contributed by atoms with E-state index in [4.69, 9.17) is 10.8 Å². The molecule has 0 saturated carbocycles. The number of fused-ring (bicyclic) bond motifs is 2. The molecule has 8 heteroatoms. The lowest BCUT2D eigenvalue weighted by Crippen LogP contribution is -2.46. The summed E-state index contributed by atoms with van der Waals surface area (Å²) in [5, 5.41) is 27.5. The van der Waals surface area contributed by atoms with Crippen LogP contribution in [-0.2, 0) is 17.8 Å². The first kappa shape index (κ1) is 34.1. The van der Waals surface area contributed by atoms with Crippen molar-refractivity contribution >= 4 is 45.3 Å². The lowest BCUT2D eigenvalue weighted by Gasteiger charge is -2.27. The van der Waals surface area contributed by atoms with E-state index in [-0.39, 0.29) is 24.3 Å². The number of nitrogens with one attached hydrogen (secondary N) is 6. The molecular weight excluding hydrogens is 594 g/mol. The minimum atomic E-state index is -0.192. The van der Waals surface area contributed by atoms with Gasteiger partial charge in [-0.25, -0.2) is 0 Å². The number of amidine groups is 2. The number of para-hydroxylation sites is 1. The highest BCUT2D eigenvalue weighted by Gasteiger charge is 2.23. The summed E-state index contributed by atoms with van der Waals surface area (Å²) in [6.07, 6.45) is 13.8. The molecule has 48 heavy (non-hydrogen) atoms. The van der Waals surface area contributed by atoms with Crippen molar-refractivity contribution in [1.29, 1.82) is 10.8 Å². The monoisotopic (exact) mass is 641 g/mol. The van der Waals surface area contributed by atoms with Gasteiger partial charge in [-0.3, -0.25) is 15.6 Å². The maximum atomic E-state index is 12.6. The zero-order valence-electron chi connectivity index (χ0n) is 28.0. The second-order valence-electron chi connectivity index (χ2n) is 12.3. The number of carbonyl (C=O) groups is 1. The summed E-state index contributed by atoms with van der Waals surface area (Å²) in [5.41, 5.74) is 7.08. The summed E-state index contributed by atoms with van der Waals surface area (Å²) in [6, 6.07) is 22.4. The molecule has 1 saturated heterocycles. The number of aromatic amines is 2. The Balaban J connectivity index is 0.000000380. The molecule has 8 nitrogen and oxygen atoms in total. The van der Waals surface area contributed by atoms with Gasteiger partial charge in [0.25, 0.3) is 0 Å². The van der Waals surface area contributed by atoms with Crippen LogP contribution in [0.25, 0.3) is 27.8 Å². The number of rotatable bonds is 11. The van der Waals surface area contributed by atoms with Crippen LogP contribution in [0.3, 0.4) is 0 Å². The summed E-state index contributed by atoms with van der Waals surface area (Å²) in [6.45, 7) is 9.28. The number of amides is 1. The number of hydrogen-bond acceptors (Lipinski definition) is 4. The second kappa shape index (κ2) is 16.6. The van der Waals surface area contributed by atoms with E-state index in [2.05, 4.69) is 89.6 Å². The Hall–Kier alpha value is -5.21. The predicted octanol–water partition coefficient (Wildman–Crippen LogP) is 7.80. The first-order valence-electron chi connectivity index (χ1n) is 16.7. The Kier molecular flexibility index (Phi) is 11.8. The summed E-state index contributed by atoms with van der Waals surface area (Å²) >= 11 is 0. The largest absolute Gasteiger partial charge is 0.364 e. The smallest absolute Gasteiger partial charge is 0.237 e. The molecule has 1 aliphatic heterocycles. The summed E-state index contributed by atoms with van der Waals surface area (Å²) in [4.78, 5) is 20.8. The summed E-state index contributed by atoms with van der Waals surface area (Å²) in [5.74, 6) is 0.528. The van der Waals surface area contributed by atoms with Gasteiger partial charge in [0.1, 0.15) is 11.7 Å². The van der Waals surface area contributed by atoms with E-state index < -0.39 is 0 Å². The number of allylic oxidation sites excluding steroid dienone is 2. The standard InChI is InChI=1S/C31H38N6O.C9H9N/c1-3-4-14-26-22(2)35-19-24(26)12-8-17-29(32)37(30(33)20-36-31(38)28-16-9-18-34-28)21-25-13-7-11-23-10-5-6-15-27(23)25;1-7-6-10-9-5-3-2-4-8(7)9/h3-7,10-11,13-15,19,28,32-35H,1,8-9,12,16-18,20-21H2,2H3,(H,36,38);2-6,10H,1H3/b14-4-,32-29?,33-30?;. The normalized spacial score (nSPS) is 14.2. The molecule has 2 aromatic heterocycles. The van der Waals surface area contributed by atoms with Crippen LogP contribution in [0.4, 0.5) is 0 Å². The number of aryl methyl sites for hydroxylation is 3. The number of aromatic nitrogens is 2. The molecule has 0 aliphatic carbocycles. The van der Waals surface area contributed by atoms with E-state index >= 15 is 0 Å². The van der Waals surface area contributed by atoms with Crippen molar-refractivity contribution < 1.29 is 4.79 Å². The number of benzene rings is 3. The molecule has 0 radical (unpaired) electrons. The Bertz CT molecular complexity index is 1900. The lowest BCUT2D eigenvalue weighted by molar-refractivity contribution is -0.122. The zero-order chi connectivity index (χ0) is 33.9. The van der Waals surface area contributed by atoms with Gasteiger partial charge in [-0.2, -0.15) is 0 Å². The first-order valence-corrected chi connectivity index (χ1v) is 16.7. The van der Waals surface area contributed by atoms with Crippen molar-refractivity contribution in [2.24, 2.45) is 0 Å². The molecule has 6 N–H and O–H groups in total. The van der Waals surface area contributed by atoms with E-state index in [1.807, 2.05) is 42.7 Å². The van der Waals surface area contributed by atoms with Gasteiger partial charge < -0.3 is 25.5 Å². The van der Waals surface area contributed by atoms with Gasteiger partial charge in [-0.15, -0.1) is 0 Å². The summed E-state index contributed by atoms with van der Waals surface area (Å²) < 4.78 is 0. The Morgan fingerprint density at radius 3 is 2.50 bits per heavy atom. The van der Waals surface area contributed by atoms with Gasteiger partial charge in [0.15, 0.2) is 0 Å². The highest BCUT2D eigenvalue weighted by molar-refractivity contribution is 6.00. The minimum absolute atomic E-state index is 0.0770. The van der Waals surface area contributed by atoms with Gasteiger partial charge in [0, 0.05) is 35.4 Å². The van der Waals surface area contributed by atoms with Crippen LogP contribution < -0.4 is 10.6 Å².